The van der Waals surface area contributed by atoms with Crippen LogP contribution in [-0.4, -0.2) is 35.1 Å². The van der Waals surface area contributed by atoms with Gasteiger partial charge in [-0.15, -0.1) is 0 Å². The second-order valence-corrected chi connectivity index (χ2v) is 5.37. The second-order valence-electron chi connectivity index (χ2n) is 3.90. The average Bonchev–Trinajstić information content (AvgIpc) is 2.39. The zero-order chi connectivity index (χ0) is 12.7. The minimum Gasteiger partial charge on any atom is -0.467 e. The Hall–Kier alpha value is -0.810. The van der Waals surface area contributed by atoms with E-state index in [-0.39, 0.29) is 0 Å². The van der Waals surface area contributed by atoms with Crippen LogP contribution in [0.3, 0.4) is 0 Å². The molecular formula is C12H21N3OS. The highest BCUT2D eigenvalue weighted by Gasteiger charge is 2.12. The normalized spacial score (nSPS) is 14.4. The van der Waals surface area contributed by atoms with Crippen molar-refractivity contribution >= 4 is 11.8 Å². The van der Waals surface area contributed by atoms with Crippen molar-refractivity contribution in [2.75, 3.05) is 19.9 Å². The van der Waals surface area contributed by atoms with Gasteiger partial charge in [0.05, 0.1) is 7.11 Å². The molecule has 0 saturated heterocycles. The third kappa shape index (κ3) is 4.52. The van der Waals surface area contributed by atoms with Crippen molar-refractivity contribution in [3.63, 3.8) is 0 Å². The monoisotopic (exact) mass is 255 g/mol. The van der Waals surface area contributed by atoms with Gasteiger partial charge in [0.15, 0.2) is 0 Å². The van der Waals surface area contributed by atoms with E-state index in [1.165, 1.54) is 6.42 Å². The van der Waals surface area contributed by atoms with E-state index < -0.39 is 0 Å². The largest absolute Gasteiger partial charge is 0.467 e. The lowest BCUT2D eigenvalue weighted by molar-refractivity contribution is 0.378. The van der Waals surface area contributed by atoms with Crippen molar-refractivity contribution < 1.29 is 4.74 Å². The first kappa shape index (κ1) is 14.3. The number of hydrogen-bond donors (Lipinski definition) is 1. The van der Waals surface area contributed by atoms with Crippen LogP contribution in [-0.2, 0) is 0 Å². The van der Waals surface area contributed by atoms with Gasteiger partial charge in [-0.2, -0.15) is 11.8 Å². The molecule has 4 nitrogen and oxygen atoms in total. The predicted octanol–water partition coefficient (Wildman–Crippen LogP) is 2.28. The Labute approximate surface area is 108 Å². The number of ether oxygens (including phenoxy) is 1. The second kappa shape index (κ2) is 7.50. The third-order valence-corrected chi connectivity index (χ3v) is 4.13. The van der Waals surface area contributed by atoms with E-state index in [1.807, 2.05) is 31.2 Å². The SMILES string of the molecule is CCC(C)SCC(NC)c1cnc(OC)nc1. The number of aromatic nitrogens is 2. The van der Waals surface area contributed by atoms with Gasteiger partial charge in [0.25, 0.3) is 0 Å². The van der Waals surface area contributed by atoms with E-state index in [2.05, 4.69) is 29.1 Å². The summed E-state index contributed by atoms with van der Waals surface area (Å²) in [6, 6.07) is 0.707. The fraction of sp³-hybridized carbons (Fsp3) is 0.667. The summed E-state index contributed by atoms with van der Waals surface area (Å²) >= 11 is 1.96. The van der Waals surface area contributed by atoms with Gasteiger partial charge in [-0.05, 0) is 13.5 Å². The molecule has 1 rings (SSSR count). The number of rotatable bonds is 7. The van der Waals surface area contributed by atoms with Gasteiger partial charge >= 0.3 is 6.01 Å². The molecule has 0 saturated carbocycles. The van der Waals surface area contributed by atoms with Crippen molar-refractivity contribution in [2.24, 2.45) is 0 Å². The summed E-state index contributed by atoms with van der Waals surface area (Å²) in [5.41, 5.74) is 1.10. The van der Waals surface area contributed by atoms with E-state index >= 15 is 0 Å². The quantitative estimate of drug-likeness (QED) is 0.810. The predicted molar refractivity (Wildman–Crippen MR) is 72.6 cm³/mol. The lowest BCUT2D eigenvalue weighted by Crippen LogP contribution is -2.20. The average molecular weight is 255 g/mol. The molecule has 2 unspecified atom stereocenters. The summed E-state index contributed by atoms with van der Waals surface area (Å²) in [6.45, 7) is 4.46. The Morgan fingerprint density at radius 2 is 2.06 bits per heavy atom. The molecule has 17 heavy (non-hydrogen) atoms. The van der Waals surface area contributed by atoms with Crippen LogP contribution in [0, 0.1) is 0 Å². The Morgan fingerprint density at radius 1 is 1.41 bits per heavy atom. The maximum absolute atomic E-state index is 4.95. The first-order valence-electron chi connectivity index (χ1n) is 5.86. The van der Waals surface area contributed by atoms with Gasteiger partial charge in [-0.3, -0.25) is 0 Å². The molecule has 0 bridgehead atoms. The number of methoxy groups -OCH3 is 1. The Morgan fingerprint density at radius 3 is 2.53 bits per heavy atom. The molecule has 0 fully saturated rings. The topological polar surface area (TPSA) is 47.0 Å². The highest BCUT2D eigenvalue weighted by Crippen LogP contribution is 2.22. The highest BCUT2D eigenvalue weighted by molar-refractivity contribution is 7.99. The molecule has 0 aliphatic carbocycles. The van der Waals surface area contributed by atoms with Crippen molar-refractivity contribution in [2.45, 2.75) is 31.6 Å². The fourth-order valence-electron chi connectivity index (χ4n) is 1.34. The zero-order valence-corrected chi connectivity index (χ0v) is 11.8. The molecule has 2 atom stereocenters. The summed E-state index contributed by atoms with van der Waals surface area (Å²) < 4.78 is 4.95. The molecule has 96 valence electrons. The third-order valence-electron chi connectivity index (χ3n) is 2.70. The Bertz CT molecular complexity index is 318. The van der Waals surface area contributed by atoms with Crippen LogP contribution in [0.25, 0.3) is 0 Å². The van der Waals surface area contributed by atoms with Crippen LogP contribution in [0.5, 0.6) is 6.01 Å². The van der Waals surface area contributed by atoms with Gasteiger partial charge in [0.1, 0.15) is 0 Å². The maximum atomic E-state index is 4.95. The van der Waals surface area contributed by atoms with Crippen LogP contribution in [0.2, 0.25) is 0 Å². The van der Waals surface area contributed by atoms with Crippen LogP contribution in [0.4, 0.5) is 0 Å². The van der Waals surface area contributed by atoms with Crippen LogP contribution in [0.1, 0.15) is 31.9 Å². The molecule has 1 aromatic rings. The highest BCUT2D eigenvalue weighted by atomic mass is 32.2. The smallest absolute Gasteiger partial charge is 0.316 e. The van der Waals surface area contributed by atoms with Crippen LogP contribution < -0.4 is 10.1 Å². The van der Waals surface area contributed by atoms with E-state index in [4.69, 9.17) is 4.74 Å². The minimum absolute atomic E-state index is 0.292. The number of hydrogen-bond acceptors (Lipinski definition) is 5. The molecule has 0 aliphatic rings. The van der Waals surface area contributed by atoms with E-state index in [1.54, 1.807) is 7.11 Å². The first-order valence-corrected chi connectivity index (χ1v) is 6.90. The molecule has 0 spiro atoms. The van der Waals surface area contributed by atoms with Crippen molar-refractivity contribution in [3.05, 3.63) is 18.0 Å². The Kier molecular flexibility index (Phi) is 6.29. The summed E-state index contributed by atoms with van der Waals surface area (Å²) in [4.78, 5) is 8.26. The van der Waals surface area contributed by atoms with E-state index in [9.17, 15) is 0 Å². The summed E-state index contributed by atoms with van der Waals surface area (Å²) in [5.74, 6) is 1.03. The van der Waals surface area contributed by atoms with E-state index in [0.29, 0.717) is 17.3 Å². The molecule has 0 amide bonds. The molecule has 1 heterocycles. The van der Waals surface area contributed by atoms with Gasteiger partial charge in [0, 0.05) is 35.0 Å². The maximum Gasteiger partial charge on any atom is 0.316 e. The van der Waals surface area contributed by atoms with Crippen molar-refractivity contribution in [1.82, 2.24) is 15.3 Å². The summed E-state index contributed by atoms with van der Waals surface area (Å²) in [5, 5.41) is 3.98. The lowest BCUT2D eigenvalue weighted by atomic mass is 10.2. The van der Waals surface area contributed by atoms with Gasteiger partial charge in [0.2, 0.25) is 0 Å². The molecule has 1 aromatic heterocycles. The molecule has 0 aromatic carbocycles. The van der Waals surface area contributed by atoms with Crippen LogP contribution >= 0.6 is 11.8 Å². The number of nitrogens with one attached hydrogen (secondary N) is 1. The first-order chi connectivity index (χ1) is 8.21. The number of nitrogens with zero attached hydrogens (tertiary/aromatic N) is 2. The fourth-order valence-corrected chi connectivity index (χ4v) is 2.45. The number of thioether (sulfide) groups is 1. The molecule has 0 aliphatic heterocycles. The van der Waals surface area contributed by atoms with Crippen molar-refractivity contribution in [1.29, 1.82) is 0 Å². The standard InChI is InChI=1S/C12H21N3OS/c1-5-9(2)17-8-11(13-3)10-6-14-12(16-4)15-7-10/h6-7,9,11,13H,5,8H2,1-4H3. The minimum atomic E-state index is 0.292. The molecular weight excluding hydrogens is 234 g/mol. The van der Waals surface area contributed by atoms with E-state index in [0.717, 1.165) is 11.3 Å². The molecule has 0 radical (unpaired) electrons. The summed E-state index contributed by atoms with van der Waals surface area (Å²) in [7, 11) is 3.54. The van der Waals surface area contributed by atoms with Gasteiger partial charge in [-0.1, -0.05) is 13.8 Å². The van der Waals surface area contributed by atoms with Gasteiger partial charge < -0.3 is 10.1 Å². The molecule has 1 N–H and O–H groups in total. The van der Waals surface area contributed by atoms with Gasteiger partial charge in [-0.25, -0.2) is 9.97 Å². The van der Waals surface area contributed by atoms with Crippen molar-refractivity contribution in [3.8, 4) is 6.01 Å². The Balaban J connectivity index is 2.59. The summed E-state index contributed by atoms with van der Waals surface area (Å²) in [6.07, 6.45) is 4.84. The zero-order valence-electron chi connectivity index (χ0n) is 10.9. The molecule has 5 heteroatoms. The van der Waals surface area contributed by atoms with Crippen LogP contribution in [0.15, 0.2) is 12.4 Å². The lowest BCUT2D eigenvalue weighted by Gasteiger charge is -2.17.